The highest BCUT2D eigenvalue weighted by Gasteiger charge is 2.51. The average molecular weight is 826 g/mol. The molecule has 3 aromatic heterocycles. The molecule has 1 spiro atoms. The van der Waals surface area contributed by atoms with Crippen molar-refractivity contribution in [2.45, 2.75) is 5.41 Å². The predicted octanol–water partition coefficient (Wildman–Crippen LogP) is 15.5. The van der Waals surface area contributed by atoms with Gasteiger partial charge in [-0.25, -0.2) is 9.97 Å². The van der Waals surface area contributed by atoms with E-state index in [0.717, 1.165) is 71.5 Å². The lowest BCUT2D eigenvalue weighted by molar-refractivity contribution is 0.669. The Labute approximate surface area is 373 Å². The summed E-state index contributed by atoms with van der Waals surface area (Å²) in [5, 5.41) is 7.86. The molecule has 0 atom stereocenters. The quantitative estimate of drug-likeness (QED) is 0.178. The number of hydrogen-bond donors (Lipinski definition) is 0. The standard InChI is InChI=1S/C61H35N3O/c1-2-14-37-34-56-49(31-36(37)13-1)48-32-38(39-25-28-44-43-17-5-10-22-52(43)61(53(44)33-39)50-20-8-3-15-41(50)42-16-4-9-21-51(42)61)27-30-55(48)64(56)60-62-54-23-11-6-19-47(54)59(63-60)40-26-29-46-45-18-7-12-24-57(45)65-58(46)35-40/h1-35H. The van der Waals surface area contributed by atoms with Crippen LogP contribution in [0.2, 0.25) is 0 Å². The first-order valence-electron chi connectivity index (χ1n) is 22.3. The van der Waals surface area contributed by atoms with Crippen molar-refractivity contribution in [1.82, 2.24) is 14.5 Å². The number of para-hydroxylation sites is 2. The Morgan fingerprint density at radius 2 is 0.923 bits per heavy atom. The van der Waals surface area contributed by atoms with E-state index in [1.807, 2.05) is 12.1 Å². The van der Waals surface area contributed by atoms with E-state index in [1.165, 1.54) is 60.8 Å². The van der Waals surface area contributed by atoms with Gasteiger partial charge in [0.15, 0.2) is 0 Å². The van der Waals surface area contributed by atoms with Crippen LogP contribution in [0, 0.1) is 0 Å². The van der Waals surface area contributed by atoms with Gasteiger partial charge in [-0.2, -0.15) is 0 Å². The number of furan rings is 1. The van der Waals surface area contributed by atoms with E-state index >= 15 is 0 Å². The summed E-state index contributed by atoms with van der Waals surface area (Å²) in [4.78, 5) is 10.8. The van der Waals surface area contributed by atoms with Gasteiger partial charge in [-0.05, 0) is 121 Å². The Hall–Kier alpha value is -8.60. The van der Waals surface area contributed by atoms with Crippen molar-refractivity contribution in [3.8, 4) is 50.6 Å². The third-order valence-corrected chi connectivity index (χ3v) is 14.4. The molecule has 65 heavy (non-hydrogen) atoms. The average Bonchev–Trinajstić information content (AvgIpc) is 4.08. The first-order chi connectivity index (χ1) is 32.2. The Morgan fingerprint density at radius 1 is 0.354 bits per heavy atom. The molecule has 300 valence electrons. The maximum Gasteiger partial charge on any atom is 0.235 e. The van der Waals surface area contributed by atoms with Crippen LogP contribution in [-0.4, -0.2) is 14.5 Å². The highest BCUT2D eigenvalue weighted by Crippen LogP contribution is 2.63. The van der Waals surface area contributed by atoms with Crippen LogP contribution in [-0.2, 0) is 5.41 Å². The number of hydrogen-bond acceptors (Lipinski definition) is 3. The summed E-state index contributed by atoms with van der Waals surface area (Å²) in [6.45, 7) is 0. The van der Waals surface area contributed by atoms with Crippen LogP contribution in [0.3, 0.4) is 0 Å². The highest BCUT2D eigenvalue weighted by molar-refractivity contribution is 6.15. The van der Waals surface area contributed by atoms with Crippen molar-refractivity contribution in [3.63, 3.8) is 0 Å². The third kappa shape index (κ3) is 4.65. The minimum Gasteiger partial charge on any atom is -0.456 e. The first-order valence-corrected chi connectivity index (χ1v) is 22.3. The Morgan fingerprint density at radius 3 is 1.69 bits per heavy atom. The second-order valence-corrected chi connectivity index (χ2v) is 17.6. The number of aromatic nitrogens is 3. The summed E-state index contributed by atoms with van der Waals surface area (Å²) in [5.41, 5.74) is 19.1. The number of fused-ring (bicyclic) bond motifs is 18. The molecule has 2 aliphatic carbocycles. The molecule has 0 saturated carbocycles. The predicted molar refractivity (Wildman–Crippen MR) is 266 cm³/mol. The molecule has 3 heterocycles. The smallest absolute Gasteiger partial charge is 0.235 e. The lowest BCUT2D eigenvalue weighted by Gasteiger charge is -2.30. The Kier molecular flexibility index (Phi) is 6.85. The third-order valence-electron chi connectivity index (χ3n) is 14.4. The summed E-state index contributed by atoms with van der Waals surface area (Å²) in [5.74, 6) is 0.627. The molecule has 0 saturated heterocycles. The van der Waals surface area contributed by atoms with E-state index in [1.54, 1.807) is 0 Å². The van der Waals surface area contributed by atoms with Gasteiger partial charge in [-0.15, -0.1) is 0 Å². The molecule has 0 radical (unpaired) electrons. The van der Waals surface area contributed by atoms with Gasteiger partial charge in [-0.1, -0.05) is 158 Å². The van der Waals surface area contributed by atoms with E-state index in [4.69, 9.17) is 14.4 Å². The second-order valence-electron chi connectivity index (χ2n) is 17.6. The van der Waals surface area contributed by atoms with E-state index in [-0.39, 0.29) is 0 Å². The number of rotatable bonds is 3. The number of benzene rings is 10. The van der Waals surface area contributed by atoms with Gasteiger partial charge in [0.25, 0.3) is 0 Å². The van der Waals surface area contributed by atoms with Gasteiger partial charge in [-0.3, -0.25) is 4.57 Å². The molecule has 15 rings (SSSR count). The molecule has 4 nitrogen and oxygen atoms in total. The van der Waals surface area contributed by atoms with Gasteiger partial charge in [0.2, 0.25) is 5.95 Å². The summed E-state index contributed by atoms with van der Waals surface area (Å²) < 4.78 is 8.64. The van der Waals surface area contributed by atoms with E-state index in [2.05, 4.69) is 205 Å². The zero-order valence-corrected chi connectivity index (χ0v) is 35.0. The Balaban J connectivity index is 0.958. The van der Waals surface area contributed by atoms with Gasteiger partial charge >= 0.3 is 0 Å². The van der Waals surface area contributed by atoms with Gasteiger partial charge < -0.3 is 4.42 Å². The second kappa shape index (κ2) is 12.7. The molecule has 0 N–H and O–H groups in total. The molecule has 0 amide bonds. The van der Waals surface area contributed by atoms with E-state index in [9.17, 15) is 0 Å². The van der Waals surface area contributed by atoms with Crippen LogP contribution in [0.1, 0.15) is 22.3 Å². The topological polar surface area (TPSA) is 43.9 Å². The zero-order valence-electron chi connectivity index (χ0n) is 35.0. The van der Waals surface area contributed by atoms with Crippen molar-refractivity contribution in [2.24, 2.45) is 0 Å². The van der Waals surface area contributed by atoms with Crippen LogP contribution in [0.25, 0.3) is 116 Å². The SMILES string of the molecule is c1ccc2c(c1)-c1ccccc1C21c2ccccc2-c2ccc(-c3ccc4c(c3)c3cc5ccccc5cc3n4-c3nc(-c4ccc5c(c4)oc4ccccc45)c4ccccc4n3)cc21. The first kappa shape index (κ1) is 34.9. The minimum atomic E-state index is -0.408. The van der Waals surface area contributed by atoms with Crippen LogP contribution in [0.4, 0.5) is 0 Å². The maximum atomic E-state index is 6.38. The van der Waals surface area contributed by atoms with Crippen molar-refractivity contribution in [3.05, 3.63) is 235 Å². The summed E-state index contributed by atoms with van der Waals surface area (Å²) >= 11 is 0. The monoisotopic (exact) mass is 825 g/mol. The largest absolute Gasteiger partial charge is 0.456 e. The van der Waals surface area contributed by atoms with Crippen LogP contribution < -0.4 is 0 Å². The van der Waals surface area contributed by atoms with Crippen LogP contribution >= 0.6 is 0 Å². The maximum absolute atomic E-state index is 6.38. The van der Waals surface area contributed by atoms with E-state index < -0.39 is 5.41 Å². The molecular weight excluding hydrogens is 791 g/mol. The molecule has 13 aromatic rings. The van der Waals surface area contributed by atoms with Crippen LogP contribution in [0.5, 0.6) is 0 Å². The Bertz CT molecular complexity index is 4140. The summed E-state index contributed by atoms with van der Waals surface area (Å²) in [6, 6.07) is 77.4. The summed E-state index contributed by atoms with van der Waals surface area (Å²) in [7, 11) is 0. The van der Waals surface area contributed by atoms with Crippen molar-refractivity contribution in [2.75, 3.05) is 0 Å². The molecule has 0 fully saturated rings. The molecule has 4 heteroatoms. The highest BCUT2D eigenvalue weighted by atomic mass is 16.3. The van der Waals surface area contributed by atoms with Gasteiger partial charge in [0, 0.05) is 32.5 Å². The van der Waals surface area contributed by atoms with Crippen LogP contribution in [0.15, 0.2) is 217 Å². The zero-order chi connectivity index (χ0) is 42.4. The molecule has 0 aliphatic heterocycles. The van der Waals surface area contributed by atoms with Crippen molar-refractivity contribution >= 4 is 65.4 Å². The van der Waals surface area contributed by atoms with Crippen molar-refractivity contribution < 1.29 is 4.42 Å². The fourth-order valence-corrected chi connectivity index (χ4v) is 11.6. The fourth-order valence-electron chi connectivity index (χ4n) is 11.6. The van der Waals surface area contributed by atoms with Gasteiger partial charge in [0.05, 0.1) is 27.7 Å². The van der Waals surface area contributed by atoms with Gasteiger partial charge in [0.1, 0.15) is 11.2 Å². The normalized spacial score (nSPS) is 13.4. The lowest BCUT2D eigenvalue weighted by atomic mass is 9.70. The fraction of sp³-hybridized carbons (Fsp3) is 0.0164. The number of nitrogens with zero attached hydrogens (tertiary/aromatic N) is 3. The van der Waals surface area contributed by atoms with Crippen molar-refractivity contribution in [1.29, 1.82) is 0 Å². The minimum absolute atomic E-state index is 0.408. The molecule has 2 aliphatic rings. The van der Waals surface area contributed by atoms with E-state index in [0.29, 0.717) is 5.95 Å². The molecular formula is C61H35N3O. The lowest BCUT2D eigenvalue weighted by Crippen LogP contribution is -2.25. The molecule has 10 aromatic carbocycles. The summed E-state index contributed by atoms with van der Waals surface area (Å²) in [6.07, 6.45) is 0. The molecule has 0 bridgehead atoms. The molecule has 0 unspecified atom stereocenters.